The molecule has 1 aliphatic heterocycles. The molecule has 0 saturated carbocycles. The summed E-state index contributed by atoms with van der Waals surface area (Å²) in [5.41, 5.74) is 0.819. The number of carbonyl (C=O) groups excluding carboxylic acids is 4. The number of alkyl carbamates (subject to hydrolysis) is 1. The maximum Gasteiger partial charge on any atom is 0.407 e. The smallest absolute Gasteiger partial charge is 0.407 e. The van der Waals surface area contributed by atoms with E-state index < -0.39 is 18.0 Å². The van der Waals surface area contributed by atoms with Gasteiger partial charge in [-0.2, -0.15) is 0 Å². The molecule has 0 bridgehead atoms. The van der Waals surface area contributed by atoms with Gasteiger partial charge >= 0.3 is 6.09 Å². The second-order valence-corrected chi connectivity index (χ2v) is 8.15. The molecule has 2 rings (SSSR count). The molecule has 1 aromatic carbocycles. The lowest BCUT2D eigenvalue weighted by Crippen LogP contribution is -2.47. The molecule has 1 heterocycles. The van der Waals surface area contributed by atoms with E-state index in [0.29, 0.717) is 13.0 Å². The fourth-order valence-corrected chi connectivity index (χ4v) is 2.88. The lowest BCUT2D eigenvalue weighted by atomic mass is 9.96. The Morgan fingerprint density at radius 1 is 1.19 bits per heavy atom. The Labute approximate surface area is 188 Å². The fraction of sp³-hybridized carbons (Fsp3) is 0.545. The van der Waals surface area contributed by atoms with Gasteiger partial charge in [-0.15, -0.1) is 11.6 Å². The van der Waals surface area contributed by atoms with Crippen molar-refractivity contribution in [3.8, 4) is 0 Å². The molecule has 0 aromatic heterocycles. The van der Waals surface area contributed by atoms with Gasteiger partial charge in [0.2, 0.25) is 11.8 Å². The zero-order chi connectivity index (χ0) is 23.2. The standard InChI is InChI=1S/C18H22ClN3O5.C4H10/c19-9-15(23)14(8-13-6-7-20-17(13)25)22-16(24)10-21-18(26)27-11-12-4-2-1-3-5-12;1-4(2)3/h1-5,13-14H,6-11H2,(H,20,25)(H,21,26)(H,22,24);4H,1-3H3. The van der Waals surface area contributed by atoms with Crippen molar-refractivity contribution in [3.05, 3.63) is 35.9 Å². The highest BCUT2D eigenvalue weighted by atomic mass is 35.5. The van der Waals surface area contributed by atoms with Crippen molar-refractivity contribution in [3.63, 3.8) is 0 Å². The number of halogens is 1. The number of amides is 3. The minimum Gasteiger partial charge on any atom is -0.445 e. The summed E-state index contributed by atoms with van der Waals surface area (Å²) < 4.78 is 5.00. The van der Waals surface area contributed by atoms with Crippen LogP contribution in [0.25, 0.3) is 0 Å². The molecule has 9 heteroatoms. The summed E-state index contributed by atoms with van der Waals surface area (Å²) >= 11 is 5.59. The van der Waals surface area contributed by atoms with Crippen LogP contribution >= 0.6 is 11.6 Å². The van der Waals surface area contributed by atoms with Crippen LogP contribution in [-0.4, -0.2) is 48.7 Å². The third-order valence-corrected chi connectivity index (χ3v) is 4.41. The maximum absolute atomic E-state index is 12.0. The first-order valence-corrected chi connectivity index (χ1v) is 10.9. The van der Waals surface area contributed by atoms with Crippen molar-refractivity contribution < 1.29 is 23.9 Å². The summed E-state index contributed by atoms with van der Waals surface area (Å²) in [5.74, 6) is -0.860. The molecule has 31 heavy (non-hydrogen) atoms. The van der Waals surface area contributed by atoms with Gasteiger partial charge < -0.3 is 20.7 Å². The summed E-state index contributed by atoms with van der Waals surface area (Å²) in [6.45, 7) is 6.78. The van der Waals surface area contributed by atoms with Crippen molar-refractivity contribution in [1.29, 1.82) is 0 Å². The third-order valence-electron chi connectivity index (χ3n) is 4.14. The van der Waals surface area contributed by atoms with Gasteiger partial charge in [0.1, 0.15) is 13.2 Å². The van der Waals surface area contributed by atoms with E-state index in [0.717, 1.165) is 11.5 Å². The van der Waals surface area contributed by atoms with Crippen LogP contribution in [0, 0.1) is 11.8 Å². The summed E-state index contributed by atoms with van der Waals surface area (Å²) in [6, 6.07) is 8.24. The quantitative estimate of drug-likeness (QED) is 0.497. The van der Waals surface area contributed by atoms with E-state index in [-0.39, 0.29) is 43.1 Å². The number of Topliss-reactive ketones (excluding diaryl/α,β-unsaturated/α-hetero) is 1. The molecule has 1 aliphatic rings. The Morgan fingerprint density at radius 2 is 1.84 bits per heavy atom. The Kier molecular flexibility index (Phi) is 12.3. The molecule has 3 N–H and O–H groups in total. The molecule has 1 saturated heterocycles. The molecule has 3 amide bonds. The molecule has 1 aromatic rings. The number of benzene rings is 1. The van der Waals surface area contributed by atoms with Crippen LogP contribution in [0.4, 0.5) is 4.79 Å². The largest absolute Gasteiger partial charge is 0.445 e. The van der Waals surface area contributed by atoms with Gasteiger partial charge in [-0.25, -0.2) is 4.79 Å². The average Bonchev–Trinajstić information content (AvgIpc) is 3.14. The van der Waals surface area contributed by atoms with E-state index in [2.05, 4.69) is 36.7 Å². The zero-order valence-corrected chi connectivity index (χ0v) is 19.0. The van der Waals surface area contributed by atoms with Crippen LogP contribution < -0.4 is 16.0 Å². The van der Waals surface area contributed by atoms with Crippen molar-refractivity contribution >= 4 is 35.3 Å². The molecule has 172 valence electrons. The molecule has 8 nitrogen and oxygen atoms in total. The first-order chi connectivity index (χ1) is 14.7. The van der Waals surface area contributed by atoms with Crippen LogP contribution in [0.2, 0.25) is 0 Å². The fourth-order valence-electron chi connectivity index (χ4n) is 2.69. The van der Waals surface area contributed by atoms with E-state index in [1.807, 2.05) is 30.3 Å². The van der Waals surface area contributed by atoms with Crippen LogP contribution in [0.3, 0.4) is 0 Å². The number of carbonyl (C=O) groups is 4. The highest BCUT2D eigenvalue weighted by Crippen LogP contribution is 2.17. The molecule has 2 atom stereocenters. The highest BCUT2D eigenvalue weighted by Gasteiger charge is 2.30. The van der Waals surface area contributed by atoms with Crippen LogP contribution in [0.5, 0.6) is 0 Å². The predicted molar refractivity (Wildman–Crippen MR) is 119 cm³/mol. The number of hydrogen-bond donors (Lipinski definition) is 3. The van der Waals surface area contributed by atoms with Crippen LogP contribution in [-0.2, 0) is 25.7 Å². The lowest BCUT2D eigenvalue weighted by Gasteiger charge is -2.19. The minimum absolute atomic E-state index is 0.0818. The highest BCUT2D eigenvalue weighted by molar-refractivity contribution is 6.28. The first kappa shape index (κ1) is 26.4. The first-order valence-electron chi connectivity index (χ1n) is 10.3. The summed E-state index contributed by atoms with van der Waals surface area (Å²) in [7, 11) is 0. The molecule has 0 radical (unpaired) electrons. The molecule has 0 aliphatic carbocycles. The van der Waals surface area contributed by atoms with Gasteiger partial charge in [0, 0.05) is 12.5 Å². The number of alkyl halides is 1. The monoisotopic (exact) mass is 453 g/mol. The number of nitrogens with one attached hydrogen (secondary N) is 3. The molecule has 0 spiro atoms. The Morgan fingerprint density at radius 3 is 2.39 bits per heavy atom. The van der Waals surface area contributed by atoms with E-state index in [4.69, 9.17) is 16.3 Å². The topological polar surface area (TPSA) is 114 Å². The van der Waals surface area contributed by atoms with Crippen molar-refractivity contribution in [1.82, 2.24) is 16.0 Å². The molecular formula is C22H32ClN3O5. The van der Waals surface area contributed by atoms with Gasteiger partial charge in [0.25, 0.3) is 0 Å². The summed E-state index contributed by atoms with van der Waals surface area (Å²) in [5, 5.41) is 7.53. The average molecular weight is 454 g/mol. The van der Waals surface area contributed by atoms with E-state index >= 15 is 0 Å². The van der Waals surface area contributed by atoms with Gasteiger partial charge in [0.15, 0.2) is 5.78 Å². The van der Waals surface area contributed by atoms with Gasteiger partial charge in [-0.1, -0.05) is 51.1 Å². The normalized spacial score (nSPS) is 15.9. The Balaban J connectivity index is 0.00000110. The number of rotatable bonds is 9. The lowest BCUT2D eigenvalue weighted by molar-refractivity contribution is -0.128. The Hall–Kier alpha value is -2.61. The predicted octanol–water partition coefficient (Wildman–Crippen LogP) is 2.39. The van der Waals surface area contributed by atoms with E-state index in [1.54, 1.807) is 0 Å². The number of hydrogen-bond acceptors (Lipinski definition) is 5. The number of ether oxygens (including phenoxy) is 1. The third kappa shape index (κ3) is 11.4. The Bertz CT molecular complexity index is 724. The second-order valence-electron chi connectivity index (χ2n) is 7.88. The van der Waals surface area contributed by atoms with Crippen molar-refractivity contribution in [2.45, 2.75) is 46.3 Å². The maximum atomic E-state index is 12.0. The van der Waals surface area contributed by atoms with E-state index in [9.17, 15) is 19.2 Å². The van der Waals surface area contributed by atoms with Crippen molar-refractivity contribution in [2.24, 2.45) is 11.8 Å². The second kappa shape index (κ2) is 14.4. The van der Waals surface area contributed by atoms with Gasteiger partial charge in [-0.3, -0.25) is 14.4 Å². The van der Waals surface area contributed by atoms with E-state index in [1.165, 1.54) is 0 Å². The molecular weight excluding hydrogens is 422 g/mol. The summed E-state index contributed by atoms with van der Waals surface area (Å²) in [4.78, 5) is 47.3. The van der Waals surface area contributed by atoms with Crippen LogP contribution in [0.15, 0.2) is 30.3 Å². The van der Waals surface area contributed by atoms with Gasteiger partial charge in [-0.05, 0) is 24.3 Å². The van der Waals surface area contributed by atoms with Crippen molar-refractivity contribution in [2.75, 3.05) is 19.0 Å². The number of ketones is 1. The van der Waals surface area contributed by atoms with Crippen LogP contribution in [0.1, 0.15) is 39.2 Å². The molecule has 2 unspecified atom stereocenters. The SMILES string of the molecule is CC(C)C.O=C(CNC(=O)OCc1ccccc1)NC(CC1CCNC1=O)C(=O)CCl. The minimum atomic E-state index is -0.869. The van der Waals surface area contributed by atoms with Gasteiger partial charge in [0.05, 0.1) is 11.9 Å². The zero-order valence-electron chi connectivity index (χ0n) is 18.3. The summed E-state index contributed by atoms with van der Waals surface area (Å²) in [6.07, 6.45) is 0.0382. The molecule has 1 fully saturated rings.